The van der Waals surface area contributed by atoms with Crippen LogP contribution in [0.25, 0.3) is 0 Å². The number of amides is 1. The molecular weight excluding hydrogens is 373 g/mol. The van der Waals surface area contributed by atoms with Crippen molar-refractivity contribution in [1.82, 2.24) is 0 Å². The third-order valence-corrected chi connectivity index (χ3v) is 3.71. The Labute approximate surface area is 148 Å². The molecule has 0 atom stereocenters. The minimum atomic E-state index is -4.84. The SMILES string of the molecule is Cc1ccc(C(=O)Nc2cccc(OC(F)(F)F)c2)cc1NS(C)(=O)=O. The Kier molecular flexibility index (Phi) is 5.45. The number of anilines is 2. The van der Waals surface area contributed by atoms with E-state index < -0.39 is 28.0 Å². The lowest BCUT2D eigenvalue weighted by Gasteiger charge is -2.12. The van der Waals surface area contributed by atoms with E-state index in [2.05, 4.69) is 14.8 Å². The van der Waals surface area contributed by atoms with Gasteiger partial charge in [0.1, 0.15) is 5.75 Å². The minimum Gasteiger partial charge on any atom is -0.406 e. The first kappa shape index (κ1) is 19.6. The van der Waals surface area contributed by atoms with Crippen LogP contribution in [0.1, 0.15) is 15.9 Å². The van der Waals surface area contributed by atoms with Crippen LogP contribution in [0.3, 0.4) is 0 Å². The van der Waals surface area contributed by atoms with E-state index in [1.165, 1.54) is 24.3 Å². The summed E-state index contributed by atoms with van der Waals surface area (Å²) in [6, 6.07) is 9.16. The molecule has 0 aliphatic carbocycles. The van der Waals surface area contributed by atoms with Gasteiger partial charge in [0.15, 0.2) is 0 Å². The molecule has 26 heavy (non-hydrogen) atoms. The van der Waals surface area contributed by atoms with Crippen LogP contribution in [0.5, 0.6) is 5.75 Å². The number of halogens is 3. The van der Waals surface area contributed by atoms with E-state index in [4.69, 9.17) is 0 Å². The van der Waals surface area contributed by atoms with Crippen molar-refractivity contribution < 1.29 is 31.1 Å². The van der Waals surface area contributed by atoms with Gasteiger partial charge >= 0.3 is 6.36 Å². The van der Waals surface area contributed by atoms with Crippen LogP contribution < -0.4 is 14.8 Å². The standard InChI is InChI=1S/C16H15F3N2O4S/c1-10-6-7-11(8-14(10)21-26(2,23)24)15(22)20-12-4-3-5-13(9-12)25-16(17,18)19/h3-9,21H,1-2H3,(H,20,22). The highest BCUT2D eigenvalue weighted by atomic mass is 32.2. The maximum Gasteiger partial charge on any atom is 0.573 e. The number of carbonyl (C=O) groups is 1. The number of sulfonamides is 1. The van der Waals surface area contributed by atoms with Gasteiger partial charge in [-0.1, -0.05) is 12.1 Å². The van der Waals surface area contributed by atoms with Crippen molar-refractivity contribution in [3.05, 3.63) is 53.6 Å². The second kappa shape index (κ2) is 7.24. The van der Waals surface area contributed by atoms with Crippen LogP contribution in [-0.2, 0) is 10.0 Å². The van der Waals surface area contributed by atoms with Crippen LogP contribution in [0.2, 0.25) is 0 Å². The summed E-state index contributed by atoms with van der Waals surface area (Å²) >= 11 is 0. The number of hydrogen-bond acceptors (Lipinski definition) is 4. The van der Waals surface area contributed by atoms with Gasteiger partial charge in [-0.05, 0) is 36.8 Å². The summed E-state index contributed by atoms with van der Waals surface area (Å²) < 4.78 is 65.6. The molecule has 0 spiro atoms. The Morgan fingerprint density at radius 2 is 1.81 bits per heavy atom. The average molecular weight is 388 g/mol. The van der Waals surface area contributed by atoms with E-state index in [0.29, 0.717) is 5.56 Å². The highest BCUT2D eigenvalue weighted by Crippen LogP contribution is 2.25. The first-order valence-electron chi connectivity index (χ1n) is 7.18. The van der Waals surface area contributed by atoms with Gasteiger partial charge < -0.3 is 10.1 Å². The Morgan fingerprint density at radius 1 is 1.12 bits per heavy atom. The molecule has 2 aromatic carbocycles. The predicted octanol–water partition coefficient (Wildman–Crippen LogP) is 3.52. The van der Waals surface area contributed by atoms with Crippen molar-refractivity contribution in [1.29, 1.82) is 0 Å². The fourth-order valence-electron chi connectivity index (χ4n) is 2.05. The lowest BCUT2D eigenvalue weighted by Crippen LogP contribution is -2.17. The van der Waals surface area contributed by atoms with Gasteiger partial charge in [-0.25, -0.2) is 8.42 Å². The number of carbonyl (C=O) groups excluding carboxylic acids is 1. The fraction of sp³-hybridized carbons (Fsp3) is 0.188. The molecule has 1 amide bonds. The van der Waals surface area contributed by atoms with Gasteiger partial charge in [0.05, 0.1) is 11.9 Å². The number of benzene rings is 2. The molecule has 0 saturated carbocycles. The van der Waals surface area contributed by atoms with E-state index in [9.17, 15) is 26.4 Å². The Bertz CT molecular complexity index is 927. The summed E-state index contributed by atoms with van der Waals surface area (Å²) in [5.74, 6) is -1.09. The lowest BCUT2D eigenvalue weighted by molar-refractivity contribution is -0.274. The molecule has 6 nitrogen and oxygen atoms in total. The number of rotatable bonds is 5. The molecule has 0 heterocycles. The normalized spacial score (nSPS) is 11.7. The van der Waals surface area contributed by atoms with Crippen LogP contribution in [-0.4, -0.2) is 26.9 Å². The second-order valence-corrected chi connectivity index (χ2v) is 7.18. The third-order valence-electron chi connectivity index (χ3n) is 3.12. The molecule has 0 aliphatic rings. The Hall–Kier alpha value is -2.75. The summed E-state index contributed by atoms with van der Waals surface area (Å²) in [5.41, 5.74) is 1.06. The van der Waals surface area contributed by atoms with Crippen molar-refractivity contribution in [2.45, 2.75) is 13.3 Å². The van der Waals surface area contributed by atoms with Gasteiger partial charge in [-0.15, -0.1) is 13.2 Å². The summed E-state index contributed by atoms with van der Waals surface area (Å²) in [6.07, 6.45) is -3.86. The minimum absolute atomic E-state index is 0.0925. The van der Waals surface area contributed by atoms with Crippen molar-refractivity contribution in [2.75, 3.05) is 16.3 Å². The molecule has 0 saturated heterocycles. The van der Waals surface area contributed by atoms with Crippen molar-refractivity contribution in [3.8, 4) is 5.75 Å². The van der Waals surface area contributed by atoms with E-state index in [-0.39, 0.29) is 16.9 Å². The average Bonchev–Trinajstić information content (AvgIpc) is 2.46. The molecule has 10 heteroatoms. The first-order chi connectivity index (χ1) is 11.9. The van der Waals surface area contributed by atoms with Crippen molar-refractivity contribution >= 4 is 27.3 Å². The largest absolute Gasteiger partial charge is 0.573 e. The fourth-order valence-corrected chi connectivity index (χ4v) is 2.67. The van der Waals surface area contributed by atoms with E-state index in [1.807, 2.05) is 0 Å². The summed E-state index contributed by atoms with van der Waals surface area (Å²) in [7, 11) is -3.53. The highest BCUT2D eigenvalue weighted by molar-refractivity contribution is 7.92. The van der Waals surface area contributed by atoms with Crippen LogP contribution >= 0.6 is 0 Å². The summed E-state index contributed by atoms with van der Waals surface area (Å²) in [5, 5.41) is 2.43. The zero-order valence-corrected chi connectivity index (χ0v) is 14.5. The van der Waals surface area contributed by atoms with Gasteiger partial charge in [0, 0.05) is 17.3 Å². The Morgan fingerprint density at radius 3 is 2.42 bits per heavy atom. The molecule has 140 valence electrons. The van der Waals surface area contributed by atoms with E-state index in [1.54, 1.807) is 13.0 Å². The molecule has 0 fully saturated rings. The first-order valence-corrected chi connectivity index (χ1v) is 9.08. The molecule has 2 aromatic rings. The van der Waals surface area contributed by atoms with Crippen molar-refractivity contribution in [3.63, 3.8) is 0 Å². The smallest absolute Gasteiger partial charge is 0.406 e. The topological polar surface area (TPSA) is 84.5 Å². The third kappa shape index (κ3) is 5.96. The highest BCUT2D eigenvalue weighted by Gasteiger charge is 2.31. The van der Waals surface area contributed by atoms with Gasteiger partial charge in [0.2, 0.25) is 10.0 Å². The Balaban J connectivity index is 2.20. The molecule has 2 N–H and O–H groups in total. The lowest BCUT2D eigenvalue weighted by atomic mass is 10.1. The van der Waals surface area contributed by atoms with Crippen molar-refractivity contribution in [2.24, 2.45) is 0 Å². The molecule has 0 unspecified atom stereocenters. The summed E-state index contributed by atoms with van der Waals surface area (Å²) in [4.78, 5) is 12.3. The zero-order chi connectivity index (χ0) is 19.5. The second-order valence-electron chi connectivity index (χ2n) is 5.43. The number of aryl methyl sites for hydroxylation is 1. The number of nitrogens with one attached hydrogen (secondary N) is 2. The van der Waals surface area contributed by atoms with Crippen LogP contribution in [0.4, 0.5) is 24.5 Å². The maximum atomic E-state index is 12.3. The van der Waals surface area contributed by atoms with Gasteiger partial charge in [-0.3, -0.25) is 9.52 Å². The van der Waals surface area contributed by atoms with E-state index in [0.717, 1.165) is 18.4 Å². The van der Waals surface area contributed by atoms with Crippen LogP contribution in [0.15, 0.2) is 42.5 Å². The molecule has 2 rings (SSSR count). The zero-order valence-electron chi connectivity index (χ0n) is 13.7. The molecule has 0 radical (unpaired) electrons. The number of ether oxygens (including phenoxy) is 1. The number of alkyl halides is 3. The number of hydrogen-bond donors (Lipinski definition) is 2. The van der Waals surface area contributed by atoms with Crippen LogP contribution in [0, 0.1) is 6.92 Å². The molecular formula is C16H15F3N2O4S. The maximum absolute atomic E-state index is 12.3. The predicted molar refractivity (Wildman–Crippen MR) is 90.7 cm³/mol. The van der Waals surface area contributed by atoms with Gasteiger partial charge in [-0.2, -0.15) is 0 Å². The molecule has 0 aliphatic heterocycles. The van der Waals surface area contributed by atoms with E-state index >= 15 is 0 Å². The summed E-state index contributed by atoms with van der Waals surface area (Å²) in [6.45, 7) is 1.66. The molecule has 0 aromatic heterocycles. The molecule has 0 bridgehead atoms. The monoisotopic (exact) mass is 388 g/mol. The van der Waals surface area contributed by atoms with Gasteiger partial charge in [0.25, 0.3) is 5.91 Å². The quantitative estimate of drug-likeness (QED) is 0.821.